The van der Waals surface area contributed by atoms with Crippen molar-refractivity contribution in [3.05, 3.63) is 48.1 Å². The number of benzene rings is 1. The lowest BCUT2D eigenvalue weighted by molar-refractivity contribution is -0.155. The Hall–Kier alpha value is -2.60. The van der Waals surface area contributed by atoms with Crippen molar-refractivity contribution in [2.75, 3.05) is 13.7 Å². The van der Waals surface area contributed by atoms with Crippen LogP contribution >= 0.6 is 0 Å². The summed E-state index contributed by atoms with van der Waals surface area (Å²) in [5.41, 5.74) is 1.18. The second kappa shape index (κ2) is 9.92. The molecule has 1 aromatic rings. The largest absolute Gasteiger partial charge is 0.497 e. The van der Waals surface area contributed by atoms with E-state index in [1.54, 1.807) is 32.2 Å². The van der Waals surface area contributed by atoms with Crippen molar-refractivity contribution in [2.24, 2.45) is 5.92 Å². The highest BCUT2D eigenvalue weighted by molar-refractivity contribution is 5.87. The van der Waals surface area contributed by atoms with Gasteiger partial charge in [-0.05, 0) is 55.9 Å². The number of hydrogen-bond acceptors (Lipinski definition) is 6. The van der Waals surface area contributed by atoms with Gasteiger partial charge in [-0.25, -0.2) is 9.59 Å². The average Bonchev–Trinajstić information content (AvgIpc) is 2.67. The number of esters is 2. The number of rotatable bonds is 7. The molecule has 6 heteroatoms. The number of carbonyl (C=O) groups is 2. The Morgan fingerprint density at radius 3 is 2.59 bits per heavy atom. The average molecular weight is 374 g/mol. The summed E-state index contributed by atoms with van der Waals surface area (Å²) in [5, 5.41) is 10.1. The van der Waals surface area contributed by atoms with E-state index in [0.29, 0.717) is 24.8 Å². The SMILES string of the molecule is C=C(C)C(=O)OCC1CCC(O)C(OC(=O)/C=C/c2ccc(OC)cc2)C1. The molecule has 0 heterocycles. The molecular weight excluding hydrogens is 348 g/mol. The summed E-state index contributed by atoms with van der Waals surface area (Å²) in [6, 6.07) is 7.24. The maximum atomic E-state index is 12.1. The standard InChI is InChI=1S/C21H26O6/c1-14(2)21(24)26-13-16-6-10-18(22)19(12-16)27-20(23)11-7-15-4-8-17(25-3)9-5-15/h4-5,7-9,11,16,18-19,22H,1,6,10,12-13H2,2-3H3/b11-7+. The van der Waals surface area contributed by atoms with Gasteiger partial charge in [-0.15, -0.1) is 0 Å². The minimum atomic E-state index is -0.712. The van der Waals surface area contributed by atoms with E-state index in [4.69, 9.17) is 14.2 Å². The van der Waals surface area contributed by atoms with Crippen LogP contribution in [-0.2, 0) is 19.1 Å². The molecule has 0 radical (unpaired) electrons. The Labute approximate surface area is 159 Å². The van der Waals surface area contributed by atoms with Crippen LogP contribution in [-0.4, -0.2) is 43.0 Å². The lowest BCUT2D eigenvalue weighted by Gasteiger charge is -2.32. The van der Waals surface area contributed by atoms with Crippen molar-refractivity contribution in [3.8, 4) is 5.75 Å². The van der Waals surface area contributed by atoms with E-state index in [1.807, 2.05) is 12.1 Å². The van der Waals surface area contributed by atoms with Gasteiger partial charge in [0.25, 0.3) is 0 Å². The first-order chi connectivity index (χ1) is 12.9. The zero-order chi connectivity index (χ0) is 19.8. The summed E-state index contributed by atoms with van der Waals surface area (Å²) < 4.78 is 15.7. The second-order valence-corrected chi connectivity index (χ2v) is 6.71. The molecular formula is C21H26O6. The van der Waals surface area contributed by atoms with E-state index in [0.717, 1.165) is 11.3 Å². The summed E-state index contributed by atoms with van der Waals surface area (Å²) in [4.78, 5) is 23.6. The topological polar surface area (TPSA) is 82.1 Å². The van der Waals surface area contributed by atoms with Crippen molar-refractivity contribution in [1.29, 1.82) is 0 Å². The molecule has 1 aromatic carbocycles. The summed E-state index contributed by atoms with van der Waals surface area (Å²) in [6.45, 7) is 5.36. The zero-order valence-corrected chi connectivity index (χ0v) is 15.7. The molecule has 6 nitrogen and oxygen atoms in total. The monoisotopic (exact) mass is 374 g/mol. The first kappa shape index (κ1) is 20.7. The van der Waals surface area contributed by atoms with E-state index in [1.165, 1.54) is 6.08 Å². The lowest BCUT2D eigenvalue weighted by Crippen LogP contribution is -2.38. The third kappa shape index (κ3) is 6.57. The van der Waals surface area contributed by atoms with Gasteiger partial charge in [-0.1, -0.05) is 18.7 Å². The van der Waals surface area contributed by atoms with Gasteiger partial charge in [0.2, 0.25) is 0 Å². The van der Waals surface area contributed by atoms with Gasteiger partial charge in [0.15, 0.2) is 0 Å². The molecule has 0 spiro atoms. The summed E-state index contributed by atoms with van der Waals surface area (Å²) in [7, 11) is 1.59. The third-order valence-corrected chi connectivity index (χ3v) is 4.46. The molecule has 1 fully saturated rings. The predicted molar refractivity (Wildman–Crippen MR) is 101 cm³/mol. The highest BCUT2D eigenvalue weighted by Gasteiger charge is 2.32. The fourth-order valence-electron chi connectivity index (χ4n) is 2.86. The lowest BCUT2D eigenvalue weighted by atomic mass is 9.86. The molecule has 0 amide bonds. The molecule has 1 aliphatic rings. The van der Waals surface area contributed by atoms with Crippen LogP contribution < -0.4 is 4.74 Å². The summed E-state index contributed by atoms with van der Waals surface area (Å²) in [6.07, 6.45) is 3.31. The Bertz CT molecular complexity index is 691. The zero-order valence-electron chi connectivity index (χ0n) is 15.7. The molecule has 3 atom stereocenters. The number of hydrogen-bond donors (Lipinski definition) is 1. The molecule has 1 aliphatic carbocycles. The maximum absolute atomic E-state index is 12.1. The van der Waals surface area contributed by atoms with Crippen molar-refractivity contribution < 1.29 is 28.9 Å². The third-order valence-electron chi connectivity index (χ3n) is 4.46. The summed E-state index contributed by atoms with van der Waals surface area (Å²) in [5.74, 6) is -0.176. The molecule has 0 saturated heterocycles. The van der Waals surface area contributed by atoms with E-state index in [-0.39, 0.29) is 12.5 Å². The minimum Gasteiger partial charge on any atom is -0.497 e. The molecule has 1 N–H and O–H groups in total. The first-order valence-corrected chi connectivity index (χ1v) is 8.92. The van der Waals surface area contributed by atoms with Gasteiger partial charge >= 0.3 is 11.9 Å². The van der Waals surface area contributed by atoms with E-state index >= 15 is 0 Å². The van der Waals surface area contributed by atoms with Crippen LogP contribution in [0.4, 0.5) is 0 Å². The van der Waals surface area contributed by atoms with Gasteiger partial charge in [0, 0.05) is 11.6 Å². The van der Waals surface area contributed by atoms with Gasteiger partial charge in [-0.3, -0.25) is 0 Å². The number of methoxy groups -OCH3 is 1. The highest BCUT2D eigenvalue weighted by atomic mass is 16.6. The van der Waals surface area contributed by atoms with Crippen LogP contribution in [0.5, 0.6) is 5.75 Å². The van der Waals surface area contributed by atoms with Crippen LogP contribution in [0, 0.1) is 5.92 Å². The molecule has 3 unspecified atom stereocenters. The van der Waals surface area contributed by atoms with Crippen LogP contribution in [0.2, 0.25) is 0 Å². The molecule has 0 aliphatic heterocycles. The molecule has 2 rings (SSSR count). The van der Waals surface area contributed by atoms with E-state index in [2.05, 4.69) is 6.58 Å². The normalized spacial score (nSPS) is 22.3. The number of aliphatic hydroxyl groups is 1. The van der Waals surface area contributed by atoms with Crippen molar-refractivity contribution in [3.63, 3.8) is 0 Å². The van der Waals surface area contributed by atoms with Gasteiger partial charge in [-0.2, -0.15) is 0 Å². The van der Waals surface area contributed by atoms with E-state index in [9.17, 15) is 14.7 Å². The van der Waals surface area contributed by atoms with Gasteiger partial charge in [0.05, 0.1) is 19.8 Å². The second-order valence-electron chi connectivity index (χ2n) is 6.71. The van der Waals surface area contributed by atoms with Crippen LogP contribution in [0.1, 0.15) is 31.7 Å². The van der Waals surface area contributed by atoms with Crippen molar-refractivity contribution in [2.45, 2.75) is 38.4 Å². The van der Waals surface area contributed by atoms with E-state index < -0.39 is 24.1 Å². The first-order valence-electron chi connectivity index (χ1n) is 8.92. The number of carbonyl (C=O) groups excluding carboxylic acids is 2. The Balaban J connectivity index is 1.85. The Kier molecular flexibility index (Phi) is 7.61. The maximum Gasteiger partial charge on any atom is 0.333 e. The smallest absolute Gasteiger partial charge is 0.333 e. The quantitative estimate of drug-likeness (QED) is 0.584. The molecule has 0 bridgehead atoms. The fourth-order valence-corrected chi connectivity index (χ4v) is 2.86. The number of aliphatic hydroxyl groups excluding tert-OH is 1. The van der Waals surface area contributed by atoms with Crippen LogP contribution in [0.15, 0.2) is 42.5 Å². The summed E-state index contributed by atoms with van der Waals surface area (Å²) >= 11 is 0. The van der Waals surface area contributed by atoms with Gasteiger partial charge < -0.3 is 19.3 Å². The fraction of sp³-hybridized carbons (Fsp3) is 0.429. The number of ether oxygens (including phenoxy) is 3. The van der Waals surface area contributed by atoms with Crippen LogP contribution in [0.25, 0.3) is 6.08 Å². The highest BCUT2D eigenvalue weighted by Crippen LogP contribution is 2.27. The van der Waals surface area contributed by atoms with Crippen LogP contribution in [0.3, 0.4) is 0 Å². The predicted octanol–water partition coefficient (Wildman–Crippen LogP) is 2.90. The molecule has 0 aromatic heterocycles. The molecule has 1 saturated carbocycles. The van der Waals surface area contributed by atoms with Crippen molar-refractivity contribution in [1.82, 2.24) is 0 Å². The van der Waals surface area contributed by atoms with Gasteiger partial charge in [0.1, 0.15) is 11.9 Å². The minimum absolute atomic E-state index is 0.0417. The van der Waals surface area contributed by atoms with Crippen molar-refractivity contribution >= 4 is 18.0 Å². The Morgan fingerprint density at radius 1 is 1.26 bits per heavy atom. The molecule has 146 valence electrons. The molecule has 27 heavy (non-hydrogen) atoms. The Morgan fingerprint density at radius 2 is 1.96 bits per heavy atom.